The average molecular weight is 263 g/mol. The SMILES string of the molecule is O=C(NCC(O)CO)c1ccc(C(F)(F)F)cc1. The zero-order valence-electron chi connectivity index (χ0n) is 9.24. The molecule has 0 radical (unpaired) electrons. The number of rotatable bonds is 4. The summed E-state index contributed by atoms with van der Waals surface area (Å²) in [6, 6.07) is 3.70. The Hall–Kier alpha value is -1.60. The van der Waals surface area contributed by atoms with Crippen LogP contribution in [0.4, 0.5) is 13.2 Å². The molecule has 0 saturated heterocycles. The van der Waals surface area contributed by atoms with Crippen LogP contribution in [0.3, 0.4) is 0 Å². The van der Waals surface area contributed by atoms with E-state index in [0.717, 1.165) is 24.3 Å². The van der Waals surface area contributed by atoms with E-state index in [2.05, 4.69) is 5.32 Å². The van der Waals surface area contributed by atoms with Crippen LogP contribution in [-0.2, 0) is 6.18 Å². The van der Waals surface area contributed by atoms with Crippen LogP contribution in [0, 0.1) is 0 Å². The van der Waals surface area contributed by atoms with Crippen molar-refractivity contribution in [1.29, 1.82) is 0 Å². The molecule has 0 saturated carbocycles. The zero-order valence-corrected chi connectivity index (χ0v) is 9.24. The van der Waals surface area contributed by atoms with Crippen molar-refractivity contribution in [3.63, 3.8) is 0 Å². The number of hydrogen-bond acceptors (Lipinski definition) is 3. The maximum Gasteiger partial charge on any atom is 0.416 e. The van der Waals surface area contributed by atoms with Gasteiger partial charge >= 0.3 is 6.18 Å². The molecule has 0 spiro atoms. The van der Waals surface area contributed by atoms with Gasteiger partial charge in [-0.05, 0) is 24.3 Å². The lowest BCUT2D eigenvalue weighted by atomic mass is 10.1. The van der Waals surface area contributed by atoms with Crippen molar-refractivity contribution in [1.82, 2.24) is 5.32 Å². The van der Waals surface area contributed by atoms with E-state index in [0.29, 0.717) is 0 Å². The summed E-state index contributed by atoms with van der Waals surface area (Å²) >= 11 is 0. The van der Waals surface area contributed by atoms with E-state index in [1.807, 2.05) is 0 Å². The molecule has 0 fully saturated rings. The molecule has 4 nitrogen and oxygen atoms in total. The van der Waals surface area contributed by atoms with Gasteiger partial charge in [0.25, 0.3) is 5.91 Å². The number of aliphatic hydroxyl groups excluding tert-OH is 2. The summed E-state index contributed by atoms with van der Waals surface area (Å²) in [5, 5.41) is 19.8. The minimum atomic E-state index is -4.44. The first-order valence-corrected chi connectivity index (χ1v) is 5.09. The minimum absolute atomic E-state index is 0.0492. The van der Waals surface area contributed by atoms with Crippen LogP contribution in [0.15, 0.2) is 24.3 Å². The maximum atomic E-state index is 12.3. The molecule has 1 unspecified atom stereocenters. The highest BCUT2D eigenvalue weighted by Gasteiger charge is 2.30. The molecule has 1 aromatic carbocycles. The fourth-order valence-corrected chi connectivity index (χ4v) is 1.19. The van der Waals surface area contributed by atoms with Crippen LogP contribution in [-0.4, -0.2) is 35.4 Å². The van der Waals surface area contributed by atoms with Gasteiger partial charge in [0, 0.05) is 12.1 Å². The van der Waals surface area contributed by atoms with Gasteiger partial charge in [0.2, 0.25) is 0 Å². The lowest BCUT2D eigenvalue weighted by Crippen LogP contribution is -2.33. The normalized spacial score (nSPS) is 13.2. The van der Waals surface area contributed by atoms with Gasteiger partial charge in [-0.3, -0.25) is 4.79 Å². The van der Waals surface area contributed by atoms with E-state index in [1.54, 1.807) is 0 Å². The highest BCUT2D eigenvalue weighted by molar-refractivity contribution is 5.94. The maximum absolute atomic E-state index is 12.3. The molecule has 0 aromatic heterocycles. The summed E-state index contributed by atoms with van der Waals surface area (Å²) in [6.45, 7) is -0.677. The number of halogens is 3. The number of carbonyl (C=O) groups excluding carboxylic acids is 1. The fraction of sp³-hybridized carbons (Fsp3) is 0.364. The summed E-state index contributed by atoms with van der Waals surface area (Å²) < 4.78 is 36.8. The lowest BCUT2D eigenvalue weighted by Gasteiger charge is -2.10. The Morgan fingerprint density at radius 1 is 1.28 bits per heavy atom. The third-order valence-corrected chi connectivity index (χ3v) is 2.18. The molecule has 0 aliphatic carbocycles. The van der Waals surface area contributed by atoms with E-state index < -0.39 is 30.4 Å². The van der Waals surface area contributed by atoms with Crippen molar-refractivity contribution in [2.24, 2.45) is 0 Å². The molecular formula is C11H12F3NO3. The van der Waals surface area contributed by atoms with Crippen LogP contribution in [0.2, 0.25) is 0 Å². The molecule has 7 heteroatoms. The van der Waals surface area contributed by atoms with E-state index in [9.17, 15) is 18.0 Å². The van der Waals surface area contributed by atoms with Crippen LogP contribution in [0.5, 0.6) is 0 Å². The first-order chi connectivity index (χ1) is 8.34. The Morgan fingerprint density at radius 2 is 1.83 bits per heavy atom. The van der Waals surface area contributed by atoms with Crippen LogP contribution in [0.1, 0.15) is 15.9 Å². The Bertz CT molecular complexity index is 403. The van der Waals surface area contributed by atoms with Gasteiger partial charge in [0.05, 0.1) is 18.3 Å². The number of nitrogens with one attached hydrogen (secondary N) is 1. The second kappa shape index (κ2) is 5.83. The van der Waals surface area contributed by atoms with Crippen LogP contribution >= 0.6 is 0 Å². The number of aliphatic hydroxyl groups is 2. The first-order valence-electron chi connectivity index (χ1n) is 5.09. The van der Waals surface area contributed by atoms with Crippen molar-refractivity contribution in [3.8, 4) is 0 Å². The minimum Gasteiger partial charge on any atom is -0.394 e. The van der Waals surface area contributed by atoms with Crippen LogP contribution < -0.4 is 5.32 Å². The number of carbonyl (C=O) groups is 1. The van der Waals surface area contributed by atoms with Gasteiger partial charge in [0.15, 0.2) is 0 Å². The van der Waals surface area contributed by atoms with Gasteiger partial charge in [-0.1, -0.05) is 0 Å². The molecule has 0 aliphatic rings. The Labute approximate surface area is 101 Å². The molecule has 0 heterocycles. The summed E-state index contributed by atoms with van der Waals surface area (Å²) in [5.74, 6) is -0.615. The highest BCUT2D eigenvalue weighted by Crippen LogP contribution is 2.28. The van der Waals surface area contributed by atoms with Crippen molar-refractivity contribution < 1.29 is 28.2 Å². The molecule has 100 valence electrons. The standard InChI is InChI=1S/C11H12F3NO3/c12-11(13,14)8-3-1-7(2-4-8)10(18)15-5-9(17)6-16/h1-4,9,16-17H,5-6H2,(H,15,18). The number of benzene rings is 1. The lowest BCUT2D eigenvalue weighted by molar-refractivity contribution is -0.137. The molecule has 0 aliphatic heterocycles. The first kappa shape index (κ1) is 14.5. The molecule has 1 rings (SSSR count). The van der Waals surface area contributed by atoms with E-state index in [1.165, 1.54) is 0 Å². The quantitative estimate of drug-likeness (QED) is 0.752. The molecule has 18 heavy (non-hydrogen) atoms. The monoisotopic (exact) mass is 263 g/mol. The molecule has 1 amide bonds. The van der Waals surface area contributed by atoms with Gasteiger partial charge in [0.1, 0.15) is 0 Å². The summed E-state index contributed by atoms with van der Waals surface area (Å²) in [5.41, 5.74) is -0.789. The highest BCUT2D eigenvalue weighted by atomic mass is 19.4. The number of amides is 1. The van der Waals surface area contributed by atoms with Crippen molar-refractivity contribution >= 4 is 5.91 Å². The molecular weight excluding hydrogens is 251 g/mol. The molecule has 1 aromatic rings. The average Bonchev–Trinajstić information content (AvgIpc) is 2.34. The molecule has 0 bridgehead atoms. The zero-order chi connectivity index (χ0) is 13.8. The smallest absolute Gasteiger partial charge is 0.394 e. The Balaban J connectivity index is 2.65. The van der Waals surface area contributed by atoms with Gasteiger partial charge < -0.3 is 15.5 Å². The fourth-order valence-electron chi connectivity index (χ4n) is 1.19. The third-order valence-electron chi connectivity index (χ3n) is 2.18. The van der Waals surface area contributed by atoms with Gasteiger partial charge in [-0.2, -0.15) is 13.2 Å². The largest absolute Gasteiger partial charge is 0.416 e. The Kier molecular flexibility index (Phi) is 4.69. The second-order valence-electron chi connectivity index (χ2n) is 3.62. The van der Waals surface area contributed by atoms with E-state index >= 15 is 0 Å². The van der Waals surface area contributed by atoms with E-state index in [4.69, 9.17) is 10.2 Å². The summed E-state index contributed by atoms with van der Waals surface area (Å²) in [4.78, 5) is 11.4. The summed E-state index contributed by atoms with van der Waals surface area (Å²) in [7, 11) is 0. The van der Waals surface area contributed by atoms with Gasteiger partial charge in [-0.25, -0.2) is 0 Å². The second-order valence-corrected chi connectivity index (χ2v) is 3.62. The van der Waals surface area contributed by atoms with E-state index in [-0.39, 0.29) is 12.1 Å². The number of alkyl halides is 3. The third kappa shape index (κ3) is 4.01. The van der Waals surface area contributed by atoms with Crippen molar-refractivity contribution in [3.05, 3.63) is 35.4 Å². The Morgan fingerprint density at radius 3 is 2.28 bits per heavy atom. The molecule has 1 atom stereocenters. The predicted molar refractivity (Wildman–Crippen MR) is 56.9 cm³/mol. The van der Waals surface area contributed by atoms with Crippen LogP contribution in [0.25, 0.3) is 0 Å². The topological polar surface area (TPSA) is 69.6 Å². The van der Waals surface area contributed by atoms with Gasteiger partial charge in [-0.15, -0.1) is 0 Å². The molecule has 3 N–H and O–H groups in total. The predicted octanol–water partition coefficient (Wildman–Crippen LogP) is 0.788. The van der Waals surface area contributed by atoms with Crippen molar-refractivity contribution in [2.75, 3.05) is 13.2 Å². The number of hydrogen-bond donors (Lipinski definition) is 3. The van der Waals surface area contributed by atoms with Crippen molar-refractivity contribution in [2.45, 2.75) is 12.3 Å². The summed E-state index contributed by atoms with van der Waals surface area (Å²) in [6.07, 6.45) is -5.54.